The van der Waals surface area contributed by atoms with Crippen LogP contribution < -0.4 is 21.7 Å². The number of fused-ring (bicyclic) bond motifs is 1. The molecule has 3 fully saturated rings. The van der Waals surface area contributed by atoms with E-state index >= 15 is 0 Å². The smallest absolute Gasteiger partial charge is 0.315 e. The molecule has 2 unspecified atom stereocenters. The van der Waals surface area contributed by atoms with Crippen LogP contribution in [0.3, 0.4) is 0 Å². The zero-order chi connectivity index (χ0) is 27.2. The van der Waals surface area contributed by atoms with E-state index < -0.39 is 47.2 Å². The minimum Gasteiger partial charge on any atom is -0.363 e. The number of nitrogens with zero attached hydrogens (tertiary/aromatic N) is 1. The number of amides is 5. The number of urea groups is 1. The standard InChI is InChI=1S/C26H43N5O5/c1-13(2)28-24(36)30-20(25(3,4)5)23(35)31-12-15-17(26(15,6)7)18(31)22(34)29-16(19(32)21(27)33)11-14-9-8-10-14/h13-18,20H,8-12H2,1-7H3,(H2,27,33)(H,29,34)(H2,28,30,36)/t15?,16?,17-,18-,20+/m0/s1. The van der Waals surface area contributed by atoms with Gasteiger partial charge in [-0.25, -0.2) is 4.79 Å². The molecule has 0 aromatic rings. The van der Waals surface area contributed by atoms with Gasteiger partial charge in [0.15, 0.2) is 0 Å². The summed E-state index contributed by atoms with van der Waals surface area (Å²) in [6.07, 6.45) is 3.32. The van der Waals surface area contributed by atoms with Crippen LogP contribution in [0.25, 0.3) is 0 Å². The van der Waals surface area contributed by atoms with Gasteiger partial charge in [-0.2, -0.15) is 0 Å². The highest BCUT2D eigenvalue weighted by Gasteiger charge is 2.69. The maximum atomic E-state index is 13.8. The fourth-order valence-corrected chi connectivity index (χ4v) is 5.78. The van der Waals surface area contributed by atoms with E-state index in [1.54, 1.807) is 4.90 Å². The van der Waals surface area contributed by atoms with Gasteiger partial charge in [0.05, 0.1) is 6.04 Å². The van der Waals surface area contributed by atoms with Gasteiger partial charge in [-0.05, 0) is 48.9 Å². The summed E-state index contributed by atoms with van der Waals surface area (Å²) >= 11 is 0. The first-order chi connectivity index (χ1) is 16.6. The third-order valence-corrected chi connectivity index (χ3v) is 8.24. The first kappa shape index (κ1) is 27.9. The molecule has 0 aromatic carbocycles. The molecule has 5 atom stereocenters. The van der Waals surface area contributed by atoms with Crippen LogP contribution in [0.2, 0.25) is 0 Å². The van der Waals surface area contributed by atoms with Crippen molar-refractivity contribution in [1.82, 2.24) is 20.9 Å². The number of piperidine rings is 1. The first-order valence-corrected chi connectivity index (χ1v) is 13.1. The molecule has 0 spiro atoms. The highest BCUT2D eigenvalue weighted by Crippen LogP contribution is 2.65. The molecule has 1 aliphatic heterocycles. The number of primary amides is 1. The summed E-state index contributed by atoms with van der Waals surface area (Å²) in [6.45, 7) is 13.8. The van der Waals surface area contributed by atoms with E-state index in [9.17, 15) is 24.0 Å². The van der Waals surface area contributed by atoms with E-state index in [0.29, 0.717) is 13.0 Å². The van der Waals surface area contributed by atoms with Crippen LogP contribution in [-0.4, -0.2) is 65.1 Å². The molecular formula is C26H43N5O5. The normalized spacial score (nSPS) is 26.3. The highest BCUT2D eigenvalue weighted by atomic mass is 16.2. The molecule has 0 radical (unpaired) electrons. The monoisotopic (exact) mass is 505 g/mol. The molecule has 10 nitrogen and oxygen atoms in total. The van der Waals surface area contributed by atoms with Gasteiger partial charge in [0.1, 0.15) is 12.1 Å². The van der Waals surface area contributed by atoms with Crippen molar-refractivity contribution in [2.75, 3.05) is 6.54 Å². The lowest BCUT2D eigenvalue weighted by Crippen LogP contribution is -2.61. The fourth-order valence-electron chi connectivity index (χ4n) is 5.78. The van der Waals surface area contributed by atoms with Crippen molar-refractivity contribution >= 4 is 29.5 Å². The van der Waals surface area contributed by atoms with Crippen molar-refractivity contribution in [3.63, 3.8) is 0 Å². The predicted molar refractivity (Wildman–Crippen MR) is 134 cm³/mol. The van der Waals surface area contributed by atoms with E-state index in [1.165, 1.54) is 0 Å². The van der Waals surface area contributed by atoms with Gasteiger partial charge in [0.2, 0.25) is 17.6 Å². The van der Waals surface area contributed by atoms with Gasteiger partial charge in [0, 0.05) is 12.6 Å². The van der Waals surface area contributed by atoms with Crippen LogP contribution in [0.15, 0.2) is 0 Å². The first-order valence-electron chi connectivity index (χ1n) is 13.1. The lowest BCUT2D eigenvalue weighted by molar-refractivity contribution is -0.145. The van der Waals surface area contributed by atoms with Crippen molar-refractivity contribution in [2.45, 2.75) is 98.3 Å². The van der Waals surface area contributed by atoms with E-state index in [-0.39, 0.29) is 35.1 Å². The van der Waals surface area contributed by atoms with Crippen molar-refractivity contribution in [2.24, 2.45) is 34.3 Å². The van der Waals surface area contributed by atoms with Gasteiger partial charge >= 0.3 is 6.03 Å². The number of nitrogens with one attached hydrogen (secondary N) is 3. The van der Waals surface area contributed by atoms with Crippen molar-refractivity contribution in [3.05, 3.63) is 0 Å². The molecular weight excluding hydrogens is 462 g/mol. The average molecular weight is 506 g/mol. The lowest BCUT2D eigenvalue weighted by atomic mass is 9.80. The van der Waals surface area contributed by atoms with Crippen LogP contribution >= 0.6 is 0 Å². The zero-order valence-corrected chi connectivity index (χ0v) is 22.6. The number of hydrogen-bond donors (Lipinski definition) is 4. The minimum atomic E-state index is -1.07. The van der Waals surface area contributed by atoms with Crippen LogP contribution in [0.5, 0.6) is 0 Å². The van der Waals surface area contributed by atoms with Crippen LogP contribution in [0.1, 0.15) is 74.1 Å². The minimum absolute atomic E-state index is 0.0698. The summed E-state index contributed by atoms with van der Waals surface area (Å²) < 4.78 is 0. The van der Waals surface area contributed by atoms with E-state index in [2.05, 4.69) is 29.8 Å². The third-order valence-electron chi connectivity index (χ3n) is 8.24. The molecule has 0 aromatic heterocycles. The zero-order valence-electron chi connectivity index (χ0n) is 22.6. The van der Waals surface area contributed by atoms with Crippen molar-refractivity contribution in [3.8, 4) is 0 Å². The summed E-state index contributed by atoms with van der Waals surface area (Å²) in [6, 6.07) is -3.19. The second kappa shape index (κ2) is 10.0. The molecule has 0 bridgehead atoms. The molecule has 2 aliphatic carbocycles. The van der Waals surface area contributed by atoms with E-state index in [1.807, 2.05) is 34.6 Å². The Hall–Kier alpha value is -2.65. The Labute approximate surface area is 213 Å². The summed E-state index contributed by atoms with van der Waals surface area (Å²) in [5.74, 6) is -2.33. The second-order valence-electron chi connectivity index (χ2n) is 12.8. The van der Waals surface area contributed by atoms with Crippen LogP contribution in [0.4, 0.5) is 4.79 Å². The number of nitrogens with two attached hydrogens (primary N) is 1. The molecule has 3 aliphatic rings. The number of hydrogen-bond acceptors (Lipinski definition) is 5. The maximum absolute atomic E-state index is 13.8. The summed E-state index contributed by atoms with van der Waals surface area (Å²) in [7, 11) is 0. The number of carbonyl (C=O) groups excluding carboxylic acids is 5. The molecule has 1 saturated heterocycles. The Balaban J connectivity index is 1.83. The molecule has 5 N–H and O–H groups in total. The van der Waals surface area contributed by atoms with Gasteiger partial charge in [-0.1, -0.05) is 53.9 Å². The lowest BCUT2D eigenvalue weighted by Gasteiger charge is -2.38. The number of Topliss-reactive ketones (excluding diaryl/α,β-unsaturated/α-hetero) is 1. The number of ketones is 1. The maximum Gasteiger partial charge on any atom is 0.315 e. The highest BCUT2D eigenvalue weighted by molar-refractivity contribution is 6.37. The largest absolute Gasteiger partial charge is 0.363 e. The summed E-state index contributed by atoms with van der Waals surface area (Å²) in [5.41, 5.74) is 4.54. The second-order valence-corrected chi connectivity index (χ2v) is 12.8. The number of carbonyl (C=O) groups is 5. The molecule has 36 heavy (non-hydrogen) atoms. The quantitative estimate of drug-likeness (QED) is 0.349. The average Bonchev–Trinajstić information content (AvgIpc) is 3.06. The number of rotatable bonds is 9. The van der Waals surface area contributed by atoms with Gasteiger partial charge < -0.3 is 26.6 Å². The Bertz CT molecular complexity index is 920. The Morgan fingerprint density at radius 1 is 1.03 bits per heavy atom. The van der Waals surface area contributed by atoms with Gasteiger partial charge in [-0.3, -0.25) is 19.2 Å². The summed E-state index contributed by atoms with van der Waals surface area (Å²) in [4.78, 5) is 65.7. The van der Waals surface area contributed by atoms with Crippen molar-refractivity contribution < 1.29 is 24.0 Å². The van der Waals surface area contributed by atoms with Crippen LogP contribution in [-0.2, 0) is 19.2 Å². The molecule has 202 valence electrons. The third kappa shape index (κ3) is 5.67. The fraction of sp³-hybridized carbons (Fsp3) is 0.808. The molecule has 1 heterocycles. The molecule has 5 amide bonds. The van der Waals surface area contributed by atoms with E-state index in [0.717, 1.165) is 19.3 Å². The summed E-state index contributed by atoms with van der Waals surface area (Å²) in [5, 5.41) is 8.33. The molecule has 3 rings (SSSR count). The number of likely N-dealkylation sites (tertiary alicyclic amines) is 1. The molecule has 10 heteroatoms. The SMILES string of the molecule is CC(C)NC(=O)N[C@H](C(=O)N1CC2[C@@H]([C@H]1C(=O)NC(CC1CCC1)C(=O)C(N)=O)C2(C)C)C(C)(C)C. The van der Waals surface area contributed by atoms with E-state index in [4.69, 9.17) is 5.73 Å². The Kier molecular flexibility index (Phi) is 7.77. The molecule has 2 saturated carbocycles. The van der Waals surface area contributed by atoms with Gasteiger partial charge in [-0.15, -0.1) is 0 Å². The van der Waals surface area contributed by atoms with Crippen molar-refractivity contribution in [1.29, 1.82) is 0 Å². The predicted octanol–water partition coefficient (Wildman–Crippen LogP) is 1.32. The Morgan fingerprint density at radius 3 is 2.11 bits per heavy atom. The van der Waals surface area contributed by atoms with Crippen LogP contribution in [0, 0.1) is 28.6 Å². The topological polar surface area (TPSA) is 151 Å². The Morgan fingerprint density at radius 2 is 1.64 bits per heavy atom. The van der Waals surface area contributed by atoms with Gasteiger partial charge in [0.25, 0.3) is 5.91 Å².